The Morgan fingerprint density at radius 3 is 2.73 bits per heavy atom. The van der Waals surface area contributed by atoms with Gasteiger partial charge in [0, 0.05) is 25.3 Å². The summed E-state index contributed by atoms with van der Waals surface area (Å²) in [7, 11) is 3.98. The van der Waals surface area contributed by atoms with E-state index in [1.807, 2.05) is 47.9 Å². The van der Waals surface area contributed by atoms with Gasteiger partial charge in [-0.25, -0.2) is 4.68 Å². The molecule has 0 spiro atoms. The predicted molar refractivity (Wildman–Crippen MR) is 112 cm³/mol. The number of ether oxygens (including phenoxy) is 1. The van der Waals surface area contributed by atoms with Crippen LogP contribution in [0.5, 0.6) is 0 Å². The van der Waals surface area contributed by atoms with E-state index in [9.17, 15) is 0 Å². The molecule has 2 aromatic carbocycles. The molecule has 0 N–H and O–H groups in total. The fourth-order valence-electron chi connectivity index (χ4n) is 3.52. The van der Waals surface area contributed by atoms with Crippen LogP contribution in [0.2, 0.25) is 0 Å². The average molecular weight is 402 g/mol. The van der Waals surface area contributed by atoms with E-state index < -0.39 is 0 Å². The lowest BCUT2D eigenvalue weighted by Crippen LogP contribution is -2.22. The van der Waals surface area contributed by atoms with E-state index in [-0.39, 0.29) is 6.10 Å². The summed E-state index contributed by atoms with van der Waals surface area (Å²) < 4.78 is 13.5. The molecule has 0 saturated carbocycles. The van der Waals surface area contributed by atoms with Crippen molar-refractivity contribution in [3.8, 4) is 23.0 Å². The molecule has 0 radical (unpaired) electrons. The summed E-state index contributed by atoms with van der Waals surface area (Å²) >= 11 is 0. The van der Waals surface area contributed by atoms with Crippen molar-refractivity contribution in [2.45, 2.75) is 26.2 Å². The van der Waals surface area contributed by atoms with Gasteiger partial charge in [0.15, 0.2) is 5.69 Å². The Labute approximate surface area is 174 Å². The average Bonchev–Trinajstić information content (AvgIpc) is 3.41. The number of nitrogens with zero attached hydrogens (tertiary/aromatic N) is 6. The summed E-state index contributed by atoms with van der Waals surface area (Å²) in [4.78, 5) is 6.58. The van der Waals surface area contributed by atoms with Crippen LogP contribution < -0.4 is 4.90 Å². The van der Waals surface area contributed by atoms with E-state index in [1.165, 1.54) is 5.56 Å². The van der Waals surface area contributed by atoms with Crippen LogP contribution in [-0.2, 0) is 17.9 Å². The Kier molecular flexibility index (Phi) is 4.55. The van der Waals surface area contributed by atoms with Crippen LogP contribution in [0.3, 0.4) is 0 Å². The van der Waals surface area contributed by atoms with Gasteiger partial charge >= 0.3 is 0 Å². The van der Waals surface area contributed by atoms with Gasteiger partial charge in [-0.15, -0.1) is 5.10 Å². The predicted octanol–water partition coefficient (Wildman–Crippen LogP) is 3.64. The topological polar surface area (TPSA) is 82.1 Å². The van der Waals surface area contributed by atoms with Crippen molar-refractivity contribution in [1.82, 2.24) is 25.1 Å². The minimum absolute atomic E-state index is 0.0535. The van der Waals surface area contributed by atoms with E-state index >= 15 is 0 Å². The van der Waals surface area contributed by atoms with E-state index in [0.717, 1.165) is 22.5 Å². The molecule has 0 bridgehead atoms. The third-order valence-electron chi connectivity index (χ3n) is 5.29. The SMILES string of the molecule is Cc1ccc([C@H]2Cn3nnc(-c4noc(-c5cccc(N(C)C)c5)n4)c3CO2)cc1. The molecule has 152 valence electrons. The second-order valence-electron chi connectivity index (χ2n) is 7.65. The summed E-state index contributed by atoms with van der Waals surface area (Å²) in [6, 6.07) is 16.3. The van der Waals surface area contributed by atoms with Crippen LogP contribution >= 0.6 is 0 Å². The van der Waals surface area contributed by atoms with Crippen molar-refractivity contribution >= 4 is 5.69 Å². The number of aromatic nitrogens is 5. The maximum Gasteiger partial charge on any atom is 0.258 e. The first-order valence-electron chi connectivity index (χ1n) is 9.81. The number of rotatable bonds is 4. The Hall–Kier alpha value is -3.52. The van der Waals surface area contributed by atoms with Gasteiger partial charge in [-0.1, -0.05) is 46.3 Å². The molecule has 1 atom stereocenters. The second kappa shape index (κ2) is 7.38. The van der Waals surface area contributed by atoms with Crippen LogP contribution in [0.15, 0.2) is 53.1 Å². The third kappa shape index (κ3) is 3.35. The Balaban J connectivity index is 1.40. The molecule has 0 amide bonds. The number of anilines is 1. The Bertz CT molecular complexity index is 1180. The van der Waals surface area contributed by atoms with Gasteiger partial charge < -0.3 is 14.2 Å². The normalized spacial score (nSPS) is 15.8. The Morgan fingerprint density at radius 1 is 1.10 bits per heavy atom. The molecule has 4 aromatic rings. The second-order valence-corrected chi connectivity index (χ2v) is 7.65. The molecule has 8 heteroatoms. The first-order chi connectivity index (χ1) is 14.6. The third-order valence-corrected chi connectivity index (χ3v) is 5.29. The van der Waals surface area contributed by atoms with Crippen molar-refractivity contribution < 1.29 is 9.26 Å². The molecule has 0 saturated heterocycles. The number of hydrogen-bond donors (Lipinski definition) is 0. The van der Waals surface area contributed by atoms with Crippen LogP contribution in [0.25, 0.3) is 23.0 Å². The number of fused-ring (bicyclic) bond motifs is 1. The highest BCUT2D eigenvalue weighted by atomic mass is 16.5. The molecule has 2 aromatic heterocycles. The molecular formula is C22H22N6O2. The van der Waals surface area contributed by atoms with Gasteiger partial charge in [-0.3, -0.25) is 0 Å². The highest BCUT2D eigenvalue weighted by Crippen LogP contribution is 2.31. The molecule has 30 heavy (non-hydrogen) atoms. The summed E-state index contributed by atoms with van der Waals surface area (Å²) in [5.74, 6) is 0.864. The molecule has 5 rings (SSSR count). The van der Waals surface area contributed by atoms with Crippen LogP contribution in [0, 0.1) is 6.92 Å². The maximum atomic E-state index is 6.09. The molecule has 3 heterocycles. The monoisotopic (exact) mass is 402 g/mol. The van der Waals surface area contributed by atoms with Gasteiger partial charge in [0.1, 0.15) is 6.10 Å². The molecule has 1 aliphatic heterocycles. The van der Waals surface area contributed by atoms with E-state index in [2.05, 4.69) is 51.6 Å². The smallest absolute Gasteiger partial charge is 0.258 e. The van der Waals surface area contributed by atoms with E-state index in [0.29, 0.717) is 30.6 Å². The largest absolute Gasteiger partial charge is 0.378 e. The van der Waals surface area contributed by atoms with Crippen molar-refractivity contribution in [3.63, 3.8) is 0 Å². The molecular weight excluding hydrogens is 380 g/mol. The van der Waals surface area contributed by atoms with Gasteiger partial charge in [-0.2, -0.15) is 4.98 Å². The van der Waals surface area contributed by atoms with Gasteiger partial charge in [0.25, 0.3) is 5.89 Å². The zero-order chi connectivity index (χ0) is 20.7. The summed E-state index contributed by atoms with van der Waals surface area (Å²) in [6.45, 7) is 3.06. The van der Waals surface area contributed by atoms with Crippen molar-refractivity contribution in [1.29, 1.82) is 0 Å². The quantitative estimate of drug-likeness (QED) is 0.515. The maximum absolute atomic E-state index is 6.09. The lowest BCUT2D eigenvalue weighted by Gasteiger charge is -2.24. The number of benzene rings is 2. The molecule has 0 fully saturated rings. The van der Waals surface area contributed by atoms with E-state index in [4.69, 9.17) is 9.26 Å². The zero-order valence-corrected chi connectivity index (χ0v) is 17.1. The van der Waals surface area contributed by atoms with Crippen LogP contribution in [0.4, 0.5) is 5.69 Å². The zero-order valence-electron chi connectivity index (χ0n) is 17.1. The van der Waals surface area contributed by atoms with Crippen molar-refractivity contribution in [2.24, 2.45) is 0 Å². The van der Waals surface area contributed by atoms with Crippen molar-refractivity contribution in [2.75, 3.05) is 19.0 Å². The van der Waals surface area contributed by atoms with E-state index in [1.54, 1.807) is 0 Å². The lowest BCUT2D eigenvalue weighted by atomic mass is 10.1. The van der Waals surface area contributed by atoms with Crippen LogP contribution in [-0.4, -0.2) is 39.2 Å². The minimum atomic E-state index is -0.0535. The highest BCUT2D eigenvalue weighted by Gasteiger charge is 2.27. The van der Waals surface area contributed by atoms with Gasteiger partial charge in [0.05, 0.1) is 18.8 Å². The first kappa shape index (κ1) is 18.5. The van der Waals surface area contributed by atoms with Gasteiger partial charge in [-0.05, 0) is 30.7 Å². The standard InChI is InChI=1S/C22H22N6O2/c1-14-7-9-15(10-8-14)19-12-28-18(13-29-19)20(24-26-28)21-23-22(30-25-21)16-5-4-6-17(11-16)27(2)3/h4-11,19H,12-13H2,1-3H3/t19-/m1/s1. The molecule has 0 aliphatic carbocycles. The minimum Gasteiger partial charge on any atom is -0.378 e. The fourth-order valence-corrected chi connectivity index (χ4v) is 3.52. The Morgan fingerprint density at radius 2 is 1.93 bits per heavy atom. The summed E-state index contributed by atoms with van der Waals surface area (Å²) in [5, 5.41) is 12.7. The molecule has 1 aliphatic rings. The first-order valence-corrected chi connectivity index (χ1v) is 9.81. The summed E-state index contributed by atoms with van der Waals surface area (Å²) in [5.41, 5.74) is 5.72. The van der Waals surface area contributed by atoms with Gasteiger partial charge in [0.2, 0.25) is 5.82 Å². The van der Waals surface area contributed by atoms with Crippen LogP contribution in [0.1, 0.15) is 22.9 Å². The molecule has 8 nitrogen and oxygen atoms in total. The summed E-state index contributed by atoms with van der Waals surface area (Å²) in [6.07, 6.45) is -0.0535. The molecule has 0 unspecified atom stereocenters. The fraction of sp³-hybridized carbons (Fsp3) is 0.273. The highest BCUT2D eigenvalue weighted by molar-refractivity contribution is 5.63. The van der Waals surface area contributed by atoms with Crippen molar-refractivity contribution in [3.05, 3.63) is 65.4 Å². The number of aryl methyl sites for hydroxylation is 1. The lowest BCUT2D eigenvalue weighted by molar-refractivity contribution is -0.00112. The number of hydrogen-bond acceptors (Lipinski definition) is 7.